The fraction of sp³-hybridized carbons (Fsp3) is 0.507. The Balaban J connectivity index is 0.00000119. The molecule has 0 N–H and O–H groups in total. The van der Waals surface area contributed by atoms with Crippen LogP contribution in [0.2, 0.25) is 0 Å². The molecule has 11 rings (SSSR count). The van der Waals surface area contributed by atoms with Gasteiger partial charge in [-0.2, -0.15) is 66.6 Å². The van der Waals surface area contributed by atoms with Gasteiger partial charge in [0.25, 0.3) is 0 Å². The maximum atomic E-state index is 11.5. The molecule has 6 saturated heterocycles. The van der Waals surface area contributed by atoms with Crippen LogP contribution in [0.3, 0.4) is 0 Å². The number of thiazole rings is 2. The van der Waals surface area contributed by atoms with Crippen LogP contribution in [-0.4, -0.2) is 171 Å². The molecule has 6 fully saturated rings. The molecule has 16 nitrogen and oxygen atoms in total. The fourth-order valence-electron chi connectivity index (χ4n) is 12.0. The Morgan fingerprint density at radius 2 is 0.990 bits per heavy atom. The SMILES string of the molecule is [B]N1C(=O)CCCC1CC#CCO[CH2-].[B]N1C(=O)CCCC1CCCc1nc[c-]s1.[B]N1C(=O)CCCC1CCSc1n[c-]cs1.[B]N1C(=O)CCCC1CCc1cc[c-]cc1.[B]N1C(=O)CCCC1Cc1cccc(C[CH2-])c1.[B]N1C(=O)CCCC1Cc1cccc(O[CH2-])c1.[Y].[Y].[Y].[Y].[Y].[Y]. The summed E-state index contributed by atoms with van der Waals surface area (Å²) in [6.07, 6.45) is 28.5. The zero-order valence-corrected chi connectivity index (χ0v) is 78.4. The van der Waals surface area contributed by atoms with Crippen molar-refractivity contribution >= 4 is 118 Å². The van der Waals surface area contributed by atoms with Crippen molar-refractivity contribution in [3.05, 3.63) is 150 Å². The predicted octanol–water partition coefficient (Wildman–Crippen LogP) is 10.1. The number of benzene rings is 3. The van der Waals surface area contributed by atoms with Gasteiger partial charge in [0, 0.05) is 277 Å². The van der Waals surface area contributed by atoms with Crippen LogP contribution in [-0.2, 0) is 262 Å². The second-order valence-corrected chi connectivity index (χ2v) is 27.5. The number of piperidine rings is 6. The summed E-state index contributed by atoms with van der Waals surface area (Å²) in [6.45, 7) is 4.21. The molecule has 0 aliphatic carbocycles. The topological polar surface area (TPSA) is 166 Å². The third-order valence-corrected chi connectivity index (χ3v) is 20.3. The number of carbonyl (C=O) groups excluding carboxylic acids is 6. The summed E-state index contributed by atoms with van der Waals surface area (Å²) in [5, 5.41) is 5.94. The Labute approximate surface area is 780 Å². The van der Waals surface area contributed by atoms with E-state index in [1.165, 1.54) is 45.6 Å². The average Bonchev–Trinajstić information content (AvgIpc) is 0.981. The number of rotatable bonds is 19. The van der Waals surface area contributed by atoms with Gasteiger partial charge in [-0.05, 0) is 149 Å². The van der Waals surface area contributed by atoms with Crippen molar-refractivity contribution in [3.63, 3.8) is 0 Å². The number of nitrogens with zero attached hydrogens (tertiary/aromatic N) is 8. The molecule has 5 aromatic rings. The fourth-order valence-corrected chi connectivity index (χ4v) is 14.3. The summed E-state index contributed by atoms with van der Waals surface area (Å²) in [5.41, 5.74) is 4.86. The van der Waals surface area contributed by atoms with Crippen molar-refractivity contribution in [3.8, 4) is 17.6 Å². The van der Waals surface area contributed by atoms with Crippen LogP contribution in [0, 0.1) is 50.6 Å². The first-order valence-corrected chi connectivity index (χ1v) is 36.0. The molecular formula is C71H86B6N8O8S3Y6-6. The van der Waals surface area contributed by atoms with Crippen LogP contribution in [0.5, 0.6) is 5.75 Å². The number of ether oxygens (including phenoxy) is 2. The number of amides is 6. The zero-order chi connectivity index (χ0) is 69.0. The first-order chi connectivity index (χ1) is 46.5. The Hall–Kier alpha value is 0.423. The molecule has 6 unspecified atom stereocenters. The van der Waals surface area contributed by atoms with Crippen molar-refractivity contribution < 1.29 is 234 Å². The van der Waals surface area contributed by atoms with Crippen LogP contribution in [0.25, 0.3) is 0 Å². The first-order valence-electron chi connectivity index (χ1n) is 33.3. The maximum absolute atomic E-state index is 11.5. The van der Waals surface area contributed by atoms with Crippen LogP contribution >= 0.6 is 34.4 Å². The second-order valence-electron chi connectivity index (χ2n) is 24.3. The molecule has 8 heterocycles. The molecular weight excluding hydrogens is 1790 g/mol. The molecule has 102 heavy (non-hydrogen) atoms. The predicted molar refractivity (Wildman–Crippen MR) is 384 cm³/mol. The van der Waals surface area contributed by atoms with Gasteiger partial charge in [-0.15, -0.1) is 6.20 Å². The summed E-state index contributed by atoms with van der Waals surface area (Å²) < 4.78 is 10.5. The number of thioether (sulfide) groups is 1. The summed E-state index contributed by atoms with van der Waals surface area (Å²) in [5.74, 6) is 7.73. The summed E-state index contributed by atoms with van der Waals surface area (Å²) in [6, 6.07) is 28.0. The van der Waals surface area contributed by atoms with Crippen molar-refractivity contribution in [2.45, 2.75) is 220 Å². The second kappa shape index (κ2) is 59.2. The van der Waals surface area contributed by atoms with Gasteiger partial charge < -0.3 is 66.6 Å². The zero-order valence-electron chi connectivity index (χ0n) is 58.9. The van der Waals surface area contributed by atoms with Crippen molar-refractivity contribution in [1.29, 1.82) is 0 Å². The molecule has 6 aliphatic heterocycles. The van der Waals surface area contributed by atoms with E-state index in [2.05, 4.69) is 95.7 Å². The van der Waals surface area contributed by atoms with E-state index in [9.17, 15) is 28.8 Å². The van der Waals surface area contributed by atoms with E-state index < -0.39 is 0 Å². The molecule has 6 atom stereocenters. The van der Waals surface area contributed by atoms with E-state index in [0.29, 0.717) is 51.6 Å². The van der Waals surface area contributed by atoms with Gasteiger partial charge in [-0.1, -0.05) is 83.2 Å². The third-order valence-electron chi connectivity index (χ3n) is 17.5. The molecule has 0 bridgehead atoms. The minimum absolute atomic E-state index is 0. The molecule has 6 amide bonds. The monoisotopic (exact) mass is 1870 g/mol. The number of aromatic nitrogens is 2. The van der Waals surface area contributed by atoms with Crippen molar-refractivity contribution in [2.75, 3.05) is 12.4 Å². The van der Waals surface area contributed by atoms with E-state index in [-0.39, 0.29) is 268 Å². The Kier molecular flexibility index (Phi) is 59.5. The van der Waals surface area contributed by atoms with E-state index in [4.69, 9.17) is 52.6 Å². The smallest absolute Gasteiger partial charge is 0.230 e. The van der Waals surface area contributed by atoms with Gasteiger partial charge in [0.15, 0.2) is 0 Å². The molecule has 0 spiro atoms. The normalized spacial score (nSPS) is 19.8. The van der Waals surface area contributed by atoms with E-state index >= 15 is 0 Å². The summed E-state index contributed by atoms with van der Waals surface area (Å²) in [4.78, 5) is 85.0. The number of hydrogen-bond acceptors (Lipinski definition) is 13. The third kappa shape index (κ3) is 38.1. The Morgan fingerprint density at radius 1 is 0.539 bits per heavy atom. The van der Waals surface area contributed by atoms with E-state index in [1.807, 2.05) is 47.8 Å². The minimum Gasteiger partial charge on any atom is -0.665 e. The van der Waals surface area contributed by atoms with E-state index in [1.54, 1.807) is 40.6 Å². The van der Waals surface area contributed by atoms with Crippen LogP contribution in [0.1, 0.15) is 175 Å². The van der Waals surface area contributed by atoms with Gasteiger partial charge in [0.2, 0.25) is 83.3 Å². The van der Waals surface area contributed by atoms with Gasteiger partial charge in [0.1, 0.15) is 0 Å². The molecule has 31 heteroatoms. The van der Waals surface area contributed by atoms with Gasteiger partial charge >= 0.3 is 0 Å². The average molecular weight is 1870 g/mol. The van der Waals surface area contributed by atoms with Gasteiger partial charge in [0.05, 0.1) is 12.4 Å². The standard InChI is InChI=1S/C14H17BNO.C13H15BNO2.C13H15BNO.C11H14BN2OS.C10H12BN2OS2.C10H13BNO2.6Y/c1-2-11-5-3-6-12(9-11)10-13-7-4-8-14(17)16(13)15;1-17-12-6-2-4-10(9-12)8-11-5-3-7-13(16)15(11)14;14-15-12(7-4-8-13(15)16)10-9-11-5-2-1-3-6-11;12-14-9(4-2-6-11(14)15)3-1-5-10-13-7-8-16-10;11-13-8(2-1-3-9(13)14)4-6-15-10-12-5-7-16-10;1-14-8-3-2-5-9-6-4-7-10(13)12(9)11;;;;;;/h3,5-6,9,13H,1-2,4,7-8,10H2;2,4,6,9,11H,1,3,5,7-8H2;2-3,5-6,12H,4,7-10H2;7,9H,1-6H2;7-8H,1-4,6H2;9H,1,4-8H2;;;;;;/q6*-1;;;;;;. The minimum atomic E-state index is 0. The Morgan fingerprint density at radius 3 is 1.46 bits per heavy atom. The molecule has 18 radical (unpaired) electrons. The van der Waals surface area contributed by atoms with Crippen LogP contribution in [0.15, 0.2) is 88.7 Å². The van der Waals surface area contributed by atoms with Gasteiger partial charge in [-0.25, -0.2) is 18.4 Å². The summed E-state index contributed by atoms with van der Waals surface area (Å²) >= 11 is 4.86. The van der Waals surface area contributed by atoms with Gasteiger partial charge in [-0.3, -0.25) is 28.8 Å². The Bertz CT molecular complexity index is 3080. The maximum Gasteiger partial charge on any atom is 0.230 e. The largest absolute Gasteiger partial charge is 0.665 e. The molecule has 518 valence electrons. The van der Waals surface area contributed by atoms with Crippen molar-refractivity contribution in [1.82, 2.24) is 38.8 Å². The first kappa shape index (κ1) is 102. The summed E-state index contributed by atoms with van der Waals surface area (Å²) in [7, 11) is 41.0. The number of hydrogen-bond donors (Lipinski definition) is 0. The van der Waals surface area contributed by atoms with Crippen LogP contribution < -0.4 is 4.74 Å². The molecule has 3 aromatic carbocycles. The molecule has 0 saturated carbocycles. The van der Waals surface area contributed by atoms with Crippen molar-refractivity contribution in [2.24, 2.45) is 0 Å². The number of carbonyl (C=O) groups is 6. The number of aryl methyl sites for hydroxylation is 2. The molecule has 6 aliphatic rings. The molecule has 2 aromatic heterocycles. The van der Waals surface area contributed by atoms with Crippen LogP contribution in [0.4, 0.5) is 0 Å². The quantitative estimate of drug-likeness (QED) is 0.0334. The van der Waals surface area contributed by atoms with E-state index in [0.717, 1.165) is 161 Å².